The van der Waals surface area contributed by atoms with Crippen LogP contribution in [0.25, 0.3) is 11.5 Å². The van der Waals surface area contributed by atoms with Crippen molar-refractivity contribution in [2.24, 2.45) is 0 Å². The normalized spacial score (nSPS) is 15.9. The van der Waals surface area contributed by atoms with Crippen molar-refractivity contribution in [3.8, 4) is 11.5 Å². The molecule has 1 saturated carbocycles. The molecule has 4 rings (SSSR count). The van der Waals surface area contributed by atoms with E-state index in [1.54, 1.807) is 11.3 Å². The fourth-order valence-corrected chi connectivity index (χ4v) is 3.48. The van der Waals surface area contributed by atoms with E-state index in [1.807, 2.05) is 30.3 Å². The maximum absolute atomic E-state index is 5.95. The van der Waals surface area contributed by atoms with Gasteiger partial charge in [0.25, 0.3) is 0 Å². The third-order valence-corrected chi connectivity index (χ3v) is 5.01. The van der Waals surface area contributed by atoms with Crippen molar-refractivity contribution in [2.45, 2.75) is 38.4 Å². The van der Waals surface area contributed by atoms with Gasteiger partial charge < -0.3 is 4.42 Å². The van der Waals surface area contributed by atoms with Crippen LogP contribution in [0.15, 0.2) is 51.6 Å². The van der Waals surface area contributed by atoms with Crippen LogP contribution in [-0.4, -0.2) is 21.1 Å². The summed E-state index contributed by atoms with van der Waals surface area (Å²) in [6.45, 7) is 3.10. The van der Waals surface area contributed by atoms with Crippen molar-refractivity contribution in [3.05, 3.63) is 58.6 Å². The summed E-state index contributed by atoms with van der Waals surface area (Å²) in [5.74, 6) is 1.30. The van der Waals surface area contributed by atoms with Crippen LogP contribution in [0.3, 0.4) is 0 Å². The first kappa shape index (κ1) is 14.6. The molecule has 0 unspecified atom stereocenters. The summed E-state index contributed by atoms with van der Waals surface area (Å²) in [6.07, 6.45) is 2.52. The highest BCUT2D eigenvalue weighted by Crippen LogP contribution is 2.36. The van der Waals surface area contributed by atoms with E-state index in [9.17, 15) is 0 Å². The molecule has 3 aromatic rings. The van der Waals surface area contributed by atoms with Crippen molar-refractivity contribution in [3.63, 3.8) is 0 Å². The Morgan fingerprint density at radius 1 is 1.22 bits per heavy atom. The molecule has 0 saturated heterocycles. The zero-order chi connectivity index (χ0) is 15.6. The van der Waals surface area contributed by atoms with Gasteiger partial charge in [-0.25, -0.2) is 0 Å². The highest BCUT2D eigenvalue weighted by atomic mass is 32.1. The summed E-state index contributed by atoms with van der Waals surface area (Å²) in [5.41, 5.74) is 2.32. The summed E-state index contributed by atoms with van der Waals surface area (Å²) in [6, 6.07) is 12.9. The van der Waals surface area contributed by atoms with Crippen LogP contribution >= 0.6 is 11.3 Å². The molecule has 1 aliphatic rings. The second-order valence-corrected chi connectivity index (χ2v) is 6.80. The van der Waals surface area contributed by atoms with Gasteiger partial charge >= 0.3 is 0 Å². The van der Waals surface area contributed by atoms with Gasteiger partial charge in [0, 0.05) is 18.2 Å². The molecule has 118 valence electrons. The Labute approximate surface area is 139 Å². The lowest BCUT2D eigenvalue weighted by Gasteiger charge is -2.26. The zero-order valence-corrected chi connectivity index (χ0v) is 13.9. The first-order chi connectivity index (χ1) is 11.3. The number of hydrogen-bond donors (Lipinski definition) is 0. The van der Waals surface area contributed by atoms with Crippen molar-refractivity contribution in [1.29, 1.82) is 0 Å². The average Bonchev–Trinajstić information content (AvgIpc) is 3.10. The Balaban J connectivity index is 1.55. The highest BCUT2D eigenvalue weighted by Gasteiger charge is 2.35. The molecule has 0 spiro atoms. The fraction of sp³-hybridized carbons (Fsp3) is 0.333. The van der Waals surface area contributed by atoms with Gasteiger partial charge in [-0.3, -0.25) is 4.90 Å². The van der Waals surface area contributed by atoms with E-state index in [1.165, 1.54) is 18.4 Å². The lowest BCUT2D eigenvalue weighted by molar-refractivity contribution is 0.165. The highest BCUT2D eigenvalue weighted by molar-refractivity contribution is 7.07. The third-order valence-electron chi connectivity index (χ3n) is 4.28. The predicted molar refractivity (Wildman–Crippen MR) is 91.0 cm³/mol. The molecular formula is C18H19N3OS. The van der Waals surface area contributed by atoms with Crippen molar-refractivity contribution in [2.75, 3.05) is 0 Å². The van der Waals surface area contributed by atoms with Crippen LogP contribution in [0, 0.1) is 0 Å². The second kappa shape index (κ2) is 6.26. The molecule has 4 nitrogen and oxygen atoms in total. The lowest BCUT2D eigenvalue weighted by atomic mass is 10.2. The number of benzene rings is 1. The molecule has 2 heterocycles. The van der Waals surface area contributed by atoms with E-state index < -0.39 is 0 Å². The molecule has 2 aromatic heterocycles. The van der Waals surface area contributed by atoms with Crippen LogP contribution in [0.5, 0.6) is 0 Å². The molecule has 23 heavy (non-hydrogen) atoms. The Morgan fingerprint density at radius 3 is 2.74 bits per heavy atom. The van der Waals surface area contributed by atoms with Crippen LogP contribution < -0.4 is 0 Å². The zero-order valence-electron chi connectivity index (χ0n) is 13.1. The van der Waals surface area contributed by atoms with E-state index >= 15 is 0 Å². The lowest BCUT2D eigenvalue weighted by Crippen LogP contribution is -2.28. The standard InChI is InChI=1S/C18H19N3OS/c1-13(21(16-7-8-16)11-14-9-10-23-12-14)17-19-20-18(22-17)15-5-3-2-4-6-15/h2-6,9-10,12-13,16H,7-8,11H2,1H3/t13-/m1/s1. The first-order valence-electron chi connectivity index (χ1n) is 7.97. The Hall–Kier alpha value is -1.98. The van der Waals surface area contributed by atoms with Crippen LogP contribution in [0.1, 0.15) is 37.3 Å². The maximum atomic E-state index is 5.95. The topological polar surface area (TPSA) is 42.2 Å². The number of rotatable bonds is 6. The van der Waals surface area contributed by atoms with Crippen molar-refractivity contribution < 1.29 is 4.42 Å². The molecule has 1 atom stereocenters. The van der Waals surface area contributed by atoms with Gasteiger partial charge in [-0.05, 0) is 54.3 Å². The van der Waals surface area contributed by atoms with Gasteiger partial charge in [-0.1, -0.05) is 18.2 Å². The molecule has 5 heteroatoms. The molecule has 1 fully saturated rings. The second-order valence-electron chi connectivity index (χ2n) is 6.02. The van der Waals surface area contributed by atoms with E-state index in [2.05, 4.69) is 38.8 Å². The minimum atomic E-state index is 0.132. The summed E-state index contributed by atoms with van der Waals surface area (Å²) < 4.78 is 5.95. The van der Waals surface area contributed by atoms with Crippen LogP contribution in [-0.2, 0) is 6.54 Å². The van der Waals surface area contributed by atoms with Gasteiger partial charge in [0.15, 0.2) is 0 Å². The Morgan fingerprint density at radius 2 is 2.04 bits per heavy atom. The van der Waals surface area contributed by atoms with Gasteiger partial charge in [0.2, 0.25) is 11.8 Å². The van der Waals surface area contributed by atoms with Gasteiger partial charge in [-0.15, -0.1) is 10.2 Å². The molecule has 0 radical (unpaired) electrons. The molecule has 0 bridgehead atoms. The summed E-state index contributed by atoms with van der Waals surface area (Å²) in [4.78, 5) is 2.48. The molecule has 1 aromatic carbocycles. The fourth-order valence-electron chi connectivity index (χ4n) is 2.82. The number of hydrogen-bond acceptors (Lipinski definition) is 5. The Bertz CT molecular complexity index is 750. The smallest absolute Gasteiger partial charge is 0.247 e. The molecule has 0 aliphatic heterocycles. The molecular weight excluding hydrogens is 306 g/mol. The summed E-state index contributed by atoms with van der Waals surface area (Å²) in [7, 11) is 0. The predicted octanol–water partition coefficient (Wildman–Crippen LogP) is 4.52. The molecule has 0 amide bonds. The van der Waals surface area contributed by atoms with Crippen LogP contribution in [0.2, 0.25) is 0 Å². The number of thiophene rings is 1. The van der Waals surface area contributed by atoms with Gasteiger partial charge in [0.1, 0.15) is 0 Å². The van der Waals surface area contributed by atoms with E-state index in [0.717, 1.165) is 12.1 Å². The third kappa shape index (κ3) is 3.21. The van der Waals surface area contributed by atoms with E-state index in [-0.39, 0.29) is 6.04 Å². The van der Waals surface area contributed by atoms with Crippen LogP contribution in [0.4, 0.5) is 0 Å². The minimum Gasteiger partial charge on any atom is -0.419 e. The van der Waals surface area contributed by atoms with Crippen molar-refractivity contribution >= 4 is 11.3 Å². The van der Waals surface area contributed by atoms with Gasteiger partial charge in [0.05, 0.1) is 6.04 Å². The minimum absolute atomic E-state index is 0.132. The molecule has 1 aliphatic carbocycles. The summed E-state index contributed by atoms with van der Waals surface area (Å²) >= 11 is 1.74. The quantitative estimate of drug-likeness (QED) is 0.668. The maximum Gasteiger partial charge on any atom is 0.247 e. The average molecular weight is 325 g/mol. The van der Waals surface area contributed by atoms with Crippen molar-refractivity contribution in [1.82, 2.24) is 15.1 Å². The number of aromatic nitrogens is 2. The first-order valence-corrected chi connectivity index (χ1v) is 8.91. The summed E-state index contributed by atoms with van der Waals surface area (Å²) in [5, 5.41) is 12.9. The van der Waals surface area contributed by atoms with E-state index in [0.29, 0.717) is 17.8 Å². The van der Waals surface area contributed by atoms with E-state index in [4.69, 9.17) is 4.42 Å². The Kier molecular flexibility index (Phi) is 3.97. The van der Waals surface area contributed by atoms with Gasteiger partial charge in [-0.2, -0.15) is 11.3 Å². The SMILES string of the molecule is C[C@H](c1nnc(-c2ccccc2)o1)N(Cc1ccsc1)C1CC1. The molecule has 0 N–H and O–H groups in total. The number of nitrogens with zero attached hydrogens (tertiary/aromatic N) is 3. The monoisotopic (exact) mass is 325 g/mol. The largest absolute Gasteiger partial charge is 0.419 e.